The summed E-state index contributed by atoms with van der Waals surface area (Å²) in [6.45, 7) is 3.13. The Labute approximate surface area is 107 Å². The van der Waals surface area contributed by atoms with Gasteiger partial charge in [0.15, 0.2) is 0 Å². The number of carboxylic acid groups (broad SMARTS) is 1. The summed E-state index contributed by atoms with van der Waals surface area (Å²) in [7, 11) is 0. The van der Waals surface area contributed by atoms with Gasteiger partial charge in [0.25, 0.3) is 0 Å². The van der Waals surface area contributed by atoms with Crippen molar-refractivity contribution in [2.75, 3.05) is 13.2 Å². The summed E-state index contributed by atoms with van der Waals surface area (Å²) in [4.78, 5) is 23.4. The van der Waals surface area contributed by atoms with Gasteiger partial charge in [0.05, 0.1) is 24.0 Å². The van der Waals surface area contributed by atoms with Gasteiger partial charge in [0.2, 0.25) is 5.91 Å². The summed E-state index contributed by atoms with van der Waals surface area (Å²) in [5.74, 6) is -1.86. The first-order valence-electron chi connectivity index (χ1n) is 6.64. The van der Waals surface area contributed by atoms with Crippen LogP contribution in [-0.4, -0.2) is 35.7 Å². The van der Waals surface area contributed by atoms with Crippen molar-refractivity contribution in [2.24, 2.45) is 11.8 Å². The average molecular weight is 255 g/mol. The van der Waals surface area contributed by atoms with Crippen LogP contribution in [0.5, 0.6) is 0 Å². The Bertz CT molecular complexity index is 336. The van der Waals surface area contributed by atoms with E-state index in [-0.39, 0.29) is 17.4 Å². The molecule has 0 aromatic carbocycles. The molecule has 3 unspecified atom stereocenters. The number of amides is 1. The highest BCUT2D eigenvalue weighted by Gasteiger charge is 2.39. The lowest BCUT2D eigenvalue weighted by Gasteiger charge is -2.31. The minimum Gasteiger partial charge on any atom is -0.481 e. The zero-order valence-corrected chi connectivity index (χ0v) is 10.8. The molecule has 18 heavy (non-hydrogen) atoms. The quantitative estimate of drug-likeness (QED) is 0.794. The van der Waals surface area contributed by atoms with Crippen molar-refractivity contribution < 1.29 is 19.4 Å². The van der Waals surface area contributed by atoms with Crippen molar-refractivity contribution in [1.29, 1.82) is 0 Å². The van der Waals surface area contributed by atoms with Crippen LogP contribution in [0, 0.1) is 11.8 Å². The molecule has 1 heterocycles. The third-order valence-electron chi connectivity index (χ3n) is 4.06. The van der Waals surface area contributed by atoms with Gasteiger partial charge in [-0.05, 0) is 26.2 Å². The Morgan fingerprint density at radius 2 is 1.94 bits per heavy atom. The zero-order valence-electron chi connectivity index (χ0n) is 10.8. The van der Waals surface area contributed by atoms with Gasteiger partial charge < -0.3 is 15.2 Å². The largest absolute Gasteiger partial charge is 0.481 e. The van der Waals surface area contributed by atoms with Crippen LogP contribution in [0.3, 0.4) is 0 Å². The van der Waals surface area contributed by atoms with Crippen LogP contribution in [-0.2, 0) is 14.3 Å². The van der Waals surface area contributed by atoms with E-state index in [0.717, 1.165) is 19.3 Å². The second-order valence-corrected chi connectivity index (χ2v) is 5.69. The van der Waals surface area contributed by atoms with Gasteiger partial charge in [-0.25, -0.2) is 0 Å². The van der Waals surface area contributed by atoms with Crippen molar-refractivity contribution in [1.82, 2.24) is 5.32 Å². The fourth-order valence-electron chi connectivity index (χ4n) is 2.90. The van der Waals surface area contributed by atoms with Crippen LogP contribution < -0.4 is 5.32 Å². The first-order chi connectivity index (χ1) is 8.52. The Morgan fingerprint density at radius 3 is 2.50 bits per heavy atom. The number of nitrogens with one attached hydrogen (secondary N) is 1. The molecule has 0 spiro atoms. The van der Waals surface area contributed by atoms with Gasteiger partial charge in [-0.2, -0.15) is 0 Å². The SMILES string of the molecule is CC1(NC(=O)C2CCCCC2C(=O)O)CCOC1. The summed E-state index contributed by atoms with van der Waals surface area (Å²) < 4.78 is 5.29. The van der Waals surface area contributed by atoms with Crippen molar-refractivity contribution >= 4 is 11.9 Å². The lowest BCUT2D eigenvalue weighted by Crippen LogP contribution is -2.51. The Hall–Kier alpha value is -1.10. The number of carbonyl (C=O) groups excluding carboxylic acids is 1. The molecule has 3 atom stereocenters. The molecular formula is C13H21NO4. The van der Waals surface area contributed by atoms with Crippen LogP contribution in [0.2, 0.25) is 0 Å². The molecule has 0 radical (unpaired) electrons. The molecule has 2 N–H and O–H groups in total. The third kappa shape index (κ3) is 2.83. The maximum atomic E-state index is 12.2. The van der Waals surface area contributed by atoms with E-state index in [0.29, 0.717) is 26.1 Å². The lowest BCUT2D eigenvalue weighted by molar-refractivity contribution is -0.149. The summed E-state index contributed by atoms with van der Waals surface area (Å²) in [6.07, 6.45) is 3.93. The molecule has 5 heteroatoms. The van der Waals surface area contributed by atoms with E-state index in [4.69, 9.17) is 4.74 Å². The van der Waals surface area contributed by atoms with Crippen LogP contribution in [0.15, 0.2) is 0 Å². The molecule has 0 bridgehead atoms. The van der Waals surface area contributed by atoms with Gasteiger partial charge in [-0.1, -0.05) is 12.8 Å². The van der Waals surface area contributed by atoms with E-state index < -0.39 is 11.9 Å². The van der Waals surface area contributed by atoms with Crippen LogP contribution in [0.4, 0.5) is 0 Å². The minimum atomic E-state index is -0.845. The van der Waals surface area contributed by atoms with E-state index in [1.165, 1.54) is 0 Å². The number of rotatable bonds is 3. The number of hydrogen-bond donors (Lipinski definition) is 2. The van der Waals surface area contributed by atoms with E-state index in [1.54, 1.807) is 0 Å². The van der Waals surface area contributed by atoms with E-state index >= 15 is 0 Å². The highest BCUT2D eigenvalue weighted by molar-refractivity contribution is 5.85. The molecule has 1 saturated carbocycles. The number of hydrogen-bond acceptors (Lipinski definition) is 3. The first-order valence-corrected chi connectivity index (χ1v) is 6.64. The van der Waals surface area contributed by atoms with Crippen molar-refractivity contribution in [3.05, 3.63) is 0 Å². The summed E-state index contributed by atoms with van der Waals surface area (Å²) in [5.41, 5.74) is -0.322. The van der Waals surface area contributed by atoms with Crippen molar-refractivity contribution in [3.8, 4) is 0 Å². The lowest BCUT2D eigenvalue weighted by atomic mass is 9.78. The fraction of sp³-hybridized carbons (Fsp3) is 0.846. The normalized spacial score (nSPS) is 36.3. The Balaban J connectivity index is 2.00. The summed E-state index contributed by atoms with van der Waals surface area (Å²) in [6, 6.07) is 0. The predicted molar refractivity (Wildman–Crippen MR) is 65.1 cm³/mol. The highest BCUT2D eigenvalue weighted by atomic mass is 16.5. The molecule has 1 aliphatic carbocycles. The monoisotopic (exact) mass is 255 g/mol. The summed E-state index contributed by atoms with van der Waals surface area (Å²) in [5, 5.41) is 12.2. The van der Waals surface area contributed by atoms with Crippen LogP contribution in [0.1, 0.15) is 39.0 Å². The van der Waals surface area contributed by atoms with Crippen molar-refractivity contribution in [2.45, 2.75) is 44.6 Å². The zero-order chi connectivity index (χ0) is 13.2. The molecule has 1 amide bonds. The van der Waals surface area contributed by atoms with E-state index in [2.05, 4.69) is 5.32 Å². The second-order valence-electron chi connectivity index (χ2n) is 5.69. The third-order valence-corrected chi connectivity index (χ3v) is 4.06. The molecule has 0 aromatic heterocycles. The smallest absolute Gasteiger partial charge is 0.307 e. The van der Waals surface area contributed by atoms with Crippen LogP contribution >= 0.6 is 0 Å². The van der Waals surface area contributed by atoms with Gasteiger partial charge >= 0.3 is 5.97 Å². The molecule has 1 aliphatic heterocycles. The van der Waals surface area contributed by atoms with E-state index in [9.17, 15) is 14.7 Å². The number of carboxylic acids is 1. The Morgan fingerprint density at radius 1 is 1.28 bits per heavy atom. The molecule has 102 valence electrons. The Kier molecular flexibility index (Phi) is 3.90. The number of ether oxygens (including phenoxy) is 1. The molecule has 2 aliphatic rings. The maximum absolute atomic E-state index is 12.2. The van der Waals surface area contributed by atoms with Gasteiger partial charge in [0, 0.05) is 6.61 Å². The fourth-order valence-corrected chi connectivity index (χ4v) is 2.90. The molecule has 2 fully saturated rings. The molecule has 2 rings (SSSR count). The standard InChI is InChI=1S/C13H21NO4/c1-13(6-7-18-8-13)14-11(15)9-4-2-3-5-10(9)12(16)17/h9-10H,2-8H2,1H3,(H,14,15)(H,16,17). The molecule has 0 aromatic rings. The summed E-state index contributed by atoms with van der Waals surface area (Å²) >= 11 is 0. The number of aliphatic carboxylic acids is 1. The van der Waals surface area contributed by atoms with E-state index in [1.807, 2.05) is 6.92 Å². The number of carbonyl (C=O) groups is 2. The van der Waals surface area contributed by atoms with Gasteiger partial charge in [0.1, 0.15) is 0 Å². The van der Waals surface area contributed by atoms with Crippen molar-refractivity contribution in [3.63, 3.8) is 0 Å². The molecule has 1 saturated heterocycles. The van der Waals surface area contributed by atoms with Crippen LogP contribution in [0.25, 0.3) is 0 Å². The molecule has 5 nitrogen and oxygen atoms in total. The molecular weight excluding hydrogens is 234 g/mol. The highest BCUT2D eigenvalue weighted by Crippen LogP contribution is 2.31. The minimum absolute atomic E-state index is 0.116. The first kappa shape index (κ1) is 13.3. The second kappa shape index (κ2) is 5.26. The van der Waals surface area contributed by atoms with Gasteiger partial charge in [-0.15, -0.1) is 0 Å². The van der Waals surface area contributed by atoms with Gasteiger partial charge in [-0.3, -0.25) is 9.59 Å². The topological polar surface area (TPSA) is 75.6 Å². The predicted octanol–water partition coefficient (Wildman–Crippen LogP) is 1.17. The average Bonchev–Trinajstić information content (AvgIpc) is 2.75. The maximum Gasteiger partial charge on any atom is 0.307 e.